The summed E-state index contributed by atoms with van der Waals surface area (Å²) in [6.45, 7) is -0.0125. The van der Waals surface area contributed by atoms with Gasteiger partial charge in [0.15, 0.2) is 5.65 Å². The number of pyridine rings is 1. The Morgan fingerprint density at radius 1 is 1.26 bits per heavy atom. The lowest BCUT2D eigenvalue weighted by Gasteiger charge is -2.11. The van der Waals surface area contributed by atoms with Crippen LogP contribution in [0.2, 0.25) is 5.02 Å². The van der Waals surface area contributed by atoms with Crippen LogP contribution in [0.15, 0.2) is 12.3 Å². The van der Waals surface area contributed by atoms with Crippen molar-refractivity contribution in [2.75, 3.05) is 6.54 Å². The molecule has 0 unspecified atom stereocenters. The normalized spacial score (nSPS) is 12.7. The summed E-state index contributed by atoms with van der Waals surface area (Å²) in [7, 11) is 0. The number of amides is 1. The molecular formula is C11H7Cl4F3N4O. The number of carbonyl (C=O) groups is 1. The van der Waals surface area contributed by atoms with Gasteiger partial charge in [0.25, 0.3) is 9.70 Å². The Bertz CT molecular complexity index is 741. The van der Waals surface area contributed by atoms with E-state index < -0.39 is 21.4 Å². The van der Waals surface area contributed by atoms with Gasteiger partial charge in [0.05, 0.1) is 5.02 Å². The molecule has 0 spiro atoms. The van der Waals surface area contributed by atoms with E-state index in [1.54, 1.807) is 0 Å². The predicted octanol–water partition coefficient (Wildman–Crippen LogP) is 3.43. The van der Waals surface area contributed by atoms with Gasteiger partial charge in [-0.2, -0.15) is 13.2 Å². The van der Waals surface area contributed by atoms with Crippen LogP contribution >= 0.6 is 46.4 Å². The second-order valence-corrected chi connectivity index (χ2v) is 7.10. The maximum absolute atomic E-state index is 13.0. The number of rotatable bonds is 3. The van der Waals surface area contributed by atoms with Crippen LogP contribution in [0.3, 0.4) is 0 Å². The van der Waals surface area contributed by atoms with Crippen LogP contribution < -0.4 is 5.32 Å². The molecule has 0 aromatic carbocycles. The monoisotopic (exact) mass is 408 g/mol. The molecule has 5 nitrogen and oxygen atoms in total. The lowest BCUT2D eigenvalue weighted by molar-refractivity contribution is -0.136. The number of alkyl halides is 6. The SMILES string of the molecule is O=C(NCCc1nnc2c(C(F)(F)F)cc(Cl)cn12)C(Cl)(Cl)Cl. The van der Waals surface area contributed by atoms with Crippen LogP contribution in [-0.4, -0.2) is 30.8 Å². The van der Waals surface area contributed by atoms with E-state index in [1.807, 2.05) is 0 Å². The van der Waals surface area contributed by atoms with E-state index >= 15 is 0 Å². The maximum Gasteiger partial charge on any atom is 0.420 e. The molecule has 2 aromatic heterocycles. The Labute approximate surface area is 147 Å². The lowest BCUT2D eigenvalue weighted by Crippen LogP contribution is -2.35. The molecule has 0 aliphatic carbocycles. The summed E-state index contributed by atoms with van der Waals surface area (Å²) in [6.07, 6.45) is -3.32. The number of halogens is 7. The third kappa shape index (κ3) is 4.32. The van der Waals surface area contributed by atoms with Crippen LogP contribution in [0.5, 0.6) is 0 Å². The largest absolute Gasteiger partial charge is 0.420 e. The molecule has 0 radical (unpaired) electrons. The van der Waals surface area contributed by atoms with E-state index in [0.717, 1.165) is 10.5 Å². The van der Waals surface area contributed by atoms with Crippen LogP contribution in [0.4, 0.5) is 13.2 Å². The Kier molecular flexibility index (Phi) is 5.20. The van der Waals surface area contributed by atoms with Gasteiger partial charge < -0.3 is 5.32 Å². The van der Waals surface area contributed by atoms with Gasteiger partial charge in [0, 0.05) is 19.2 Å². The summed E-state index contributed by atoms with van der Waals surface area (Å²) >= 11 is 21.8. The van der Waals surface area contributed by atoms with Crippen LogP contribution in [-0.2, 0) is 17.4 Å². The molecule has 2 heterocycles. The smallest absolute Gasteiger partial charge is 0.352 e. The van der Waals surface area contributed by atoms with Crippen molar-refractivity contribution in [2.45, 2.75) is 16.4 Å². The molecule has 1 N–H and O–H groups in total. The highest BCUT2D eigenvalue weighted by molar-refractivity contribution is 6.76. The summed E-state index contributed by atoms with van der Waals surface area (Å²) in [5.74, 6) is -0.692. The molecule has 0 atom stereocenters. The fourth-order valence-corrected chi connectivity index (χ4v) is 2.18. The molecule has 126 valence electrons. The second-order valence-electron chi connectivity index (χ2n) is 4.38. The number of carbonyl (C=O) groups excluding carboxylic acids is 1. The highest BCUT2D eigenvalue weighted by Gasteiger charge is 2.35. The van der Waals surface area contributed by atoms with E-state index in [1.165, 1.54) is 6.20 Å². The van der Waals surface area contributed by atoms with Crippen molar-refractivity contribution in [1.82, 2.24) is 19.9 Å². The lowest BCUT2D eigenvalue weighted by atomic mass is 10.2. The van der Waals surface area contributed by atoms with Gasteiger partial charge in [-0.25, -0.2) is 0 Å². The first-order valence-electron chi connectivity index (χ1n) is 5.95. The highest BCUT2D eigenvalue weighted by Crippen LogP contribution is 2.33. The summed E-state index contributed by atoms with van der Waals surface area (Å²) in [4.78, 5) is 11.4. The van der Waals surface area contributed by atoms with Crippen molar-refractivity contribution in [1.29, 1.82) is 0 Å². The minimum Gasteiger partial charge on any atom is -0.352 e. The van der Waals surface area contributed by atoms with E-state index in [4.69, 9.17) is 46.4 Å². The summed E-state index contributed by atoms with van der Waals surface area (Å²) < 4.78 is 37.8. The van der Waals surface area contributed by atoms with Crippen molar-refractivity contribution < 1.29 is 18.0 Å². The summed E-state index contributed by atoms with van der Waals surface area (Å²) in [5.41, 5.74) is -1.39. The van der Waals surface area contributed by atoms with Crippen molar-refractivity contribution >= 4 is 58.0 Å². The third-order valence-electron chi connectivity index (χ3n) is 2.74. The van der Waals surface area contributed by atoms with E-state index in [2.05, 4.69) is 15.5 Å². The number of hydrogen-bond donors (Lipinski definition) is 1. The summed E-state index contributed by atoms with van der Waals surface area (Å²) in [5, 5.41) is 9.38. The molecule has 2 rings (SSSR count). The van der Waals surface area contributed by atoms with Crippen molar-refractivity contribution in [3.05, 3.63) is 28.7 Å². The average Bonchev–Trinajstić information content (AvgIpc) is 2.78. The standard InChI is InChI=1S/C11H7Cl4F3N4O/c12-5-3-6(11(16,17)18)8-21-20-7(22(8)4-5)1-2-19-9(23)10(13,14)15/h3-4H,1-2H2,(H,19,23). The predicted molar refractivity (Wildman–Crippen MR) is 80.0 cm³/mol. The zero-order valence-electron chi connectivity index (χ0n) is 11.0. The van der Waals surface area contributed by atoms with Crippen LogP contribution in [0, 0.1) is 0 Å². The topological polar surface area (TPSA) is 59.3 Å². The van der Waals surface area contributed by atoms with E-state index in [9.17, 15) is 18.0 Å². The van der Waals surface area contributed by atoms with Gasteiger partial charge in [0.1, 0.15) is 11.4 Å². The zero-order valence-corrected chi connectivity index (χ0v) is 14.0. The molecule has 0 aliphatic heterocycles. The number of hydrogen-bond acceptors (Lipinski definition) is 3. The average molecular weight is 410 g/mol. The summed E-state index contributed by atoms with van der Waals surface area (Å²) in [6, 6.07) is 0.764. The molecule has 0 fully saturated rings. The minimum absolute atomic E-state index is 0.0125. The highest BCUT2D eigenvalue weighted by atomic mass is 35.6. The van der Waals surface area contributed by atoms with Crippen molar-refractivity contribution in [3.63, 3.8) is 0 Å². The Morgan fingerprint density at radius 3 is 2.48 bits per heavy atom. The fourth-order valence-electron chi connectivity index (χ4n) is 1.77. The zero-order chi connectivity index (χ0) is 17.4. The van der Waals surface area contributed by atoms with E-state index in [-0.39, 0.29) is 29.5 Å². The molecule has 0 aliphatic rings. The molecule has 2 aromatic rings. The molecule has 1 amide bonds. The first-order valence-corrected chi connectivity index (χ1v) is 7.46. The number of fused-ring (bicyclic) bond motifs is 1. The number of nitrogens with one attached hydrogen (secondary N) is 1. The van der Waals surface area contributed by atoms with Gasteiger partial charge in [-0.1, -0.05) is 46.4 Å². The van der Waals surface area contributed by atoms with Gasteiger partial charge in [-0.3, -0.25) is 9.20 Å². The Morgan fingerprint density at radius 2 is 1.91 bits per heavy atom. The molecule has 0 saturated carbocycles. The van der Waals surface area contributed by atoms with Crippen LogP contribution in [0.25, 0.3) is 5.65 Å². The first-order chi connectivity index (χ1) is 10.5. The molecule has 12 heteroatoms. The van der Waals surface area contributed by atoms with Gasteiger partial charge in [-0.15, -0.1) is 10.2 Å². The maximum atomic E-state index is 13.0. The molecule has 23 heavy (non-hydrogen) atoms. The van der Waals surface area contributed by atoms with Crippen molar-refractivity contribution in [3.8, 4) is 0 Å². The number of aromatic nitrogens is 3. The van der Waals surface area contributed by atoms with Crippen LogP contribution in [0.1, 0.15) is 11.4 Å². The second kappa shape index (κ2) is 6.51. The molecule has 0 saturated heterocycles. The van der Waals surface area contributed by atoms with Gasteiger partial charge >= 0.3 is 6.18 Å². The van der Waals surface area contributed by atoms with E-state index in [0.29, 0.717) is 0 Å². The Balaban J connectivity index is 2.24. The Hall–Kier alpha value is -0.960. The van der Waals surface area contributed by atoms with Gasteiger partial charge in [-0.05, 0) is 6.07 Å². The van der Waals surface area contributed by atoms with Gasteiger partial charge in [0.2, 0.25) is 0 Å². The minimum atomic E-state index is -4.62. The molecule has 0 bridgehead atoms. The third-order valence-corrected chi connectivity index (χ3v) is 3.46. The van der Waals surface area contributed by atoms with Crippen molar-refractivity contribution in [2.24, 2.45) is 0 Å². The number of nitrogens with zero attached hydrogens (tertiary/aromatic N) is 3. The molecular weight excluding hydrogens is 403 g/mol. The fraction of sp³-hybridized carbons (Fsp3) is 0.364. The first kappa shape index (κ1) is 18.4. The quantitative estimate of drug-likeness (QED) is 0.790.